The molecule has 0 fully saturated rings. The first kappa shape index (κ1) is 16.2. The summed E-state index contributed by atoms with van der Waals surface area (Å²) in [4.78, 5) is 0. The van der Waals surface area contributed by atoms with Gasteiger partial charge in [0, 0.05) is 0 Å². The summed E-state index contributed by atoms with van der Waals surface area (Å²) < 4.78 is 1.14. The van der Waals surface area contributed by atoms with E-state index in [0.717, 1.165) is 14.3 Å². The third-order valence-corrected chi connectivity index (χ3v) is 8.85. The predicted octanol–water partition coefficient (Wildman–Crippen LogP) is 6.49. The molecule has 24 heavy (non-hydrogen) atoms. The van der Waals surface area contributed by atoms with E-state index in [1.807, 2.05) is 0 Å². The van der Waals surface area contributed by atoms with Crippen molar-refractivity contribution in [3.63, 3.8) is 0 Å². The second kappa shape index (κ2) is 6.92. The Morgan fingerprint density at radius 1 is 0.542 bits per heavy atom. The second-order valence-corrected chi connectivity index (χ2v) is 13.9. The molecule has 0 aromatic heterocycles. The van der Waals surface area contributed by atoms with E-state index >= 15 is 0 Å². The van der Waals surface area contributed by atoms with Gasteiger partial charge in [0.2, 0.25) is 0 Å². The van der Waals surface area contributed by atoms with E-state index in [-0.39, 0.29) is 0 Å². The zero-order chi connectivity index (χ0) is 16.5. The van der Waals surface area contributed by atoms with Crippen LogP contribution in [0, 0.1) is 0 Å². The molecule has 3 heteroatoms. The van der Waals surface area contributed by atoms with Crippen LogP contribution in [0.1, 0.15) is 11.1 Å². The quantitative estimate of drug-likeness (QED) is 0.342. The molecule has 0 heterocycles. The molecule has 0 unspecified atom stereocenters. The molecular weight excluding hydrogens is 414 g/mol. The van der Waals surface area contributed by atoms with Gasteiger partial charge in [0.15, 0.2) is 0 Å². The van der Waals surface area contributed by atoms with Gasteiger partial charge in [0.05, 0.1) is 0 Å². The van der Waals surface area contributed by atoms with E-state index in [4.69, 9.17) is 17.0 Å². The summed E-state index contributed by atoms with van der Waals surface area (Å²) in [6.45, 7) is 0. The Labute approximate surface area is 155 Å². The van der Waals surface area contributed by atoms with Crippen molar-refractivity contribution in [2.24, 2.45) is 0 Å². The SMILES string of the molecule is [Cl][Zr]([Cl])=[C](c1ccc2ccccc2c1)c1ccc2ccccc2c1. The van der Waals surface area contributed by atoms with E-state index in [9.17, 15) is 0 Å². The third kappa shape index (κ3) is 3.14. The van der Waals surface area contributed by atoms with Crippen molar-refractivity contribution < 1.29 is 18.9 Å². The molecular formula is C21H14Cl2Zr. The fourth-order valence-electron chi connectivity index (χ4n) is 3.07. The fraction of sp³-hybridized carbons (Fsp3) is 0. The Hall–Kier alpha value is -1.27. The summed E-state index contributed by atoms with van der Waals surface area (Å²) >= 11 is -2.64. The molecule has 116 valence electrons. The maximum absolute atomic E-state index is 6.54. The van der Waals surface area contributed by atoms with E-state index in [0.29, 0.717) is 0 Å². The molecule has 4 rings (SSSR count). The van der Waals surface area contributed by atoms with Crippen molar-refractivity contribution in [1.29, 1.82) is 0 Å². The van der Waals surface area contributed by atoms with Crippen LogP contribution in [0.15, 0.2) is 84.9 Å². The van der Waals surface area contributed by atoms with Crippen LogP contribution >= 0.6 is 17.0 Å². The Bertz CT molecular complexity index is 998. The van der Waals surface area contributed by atoms with Gasteiger partial charge in [-0.1, -0.05) is 0 Å². The number of benzene rings is 4. The minimum atomic E-state index is -2.64. The molecule has 0 atom stereocenters. The number of hydrogen-bond acceptors (Lipinski definition) is 0. The van der Waals surface area contributed by atoms with Crippen LogP contribution in [0.5, 0.6) is 0 Å². The topological polar surface area (TPSA) is 0 Å². The minimum absolute atomic E-state index is 1.14. The molecule has 0 nitrogen and oxygen atoms in total. The van der Waals surface area contributed by atoms with Crippen molar-refractivity contribution >= 4 is 41.8 Å². The molecule has 0 amide bonds. The van der Waals surface area contributed by atoms with Gasteiger partial charge in [0.1, 0.15) is 0 Å². The first-order chi connectivity index (χ1) is 11.7. The Balaban J connectivity index is 1.90. The Kier molecular flexibility index (Phi) is 4.68. The molecule has 0 N–H and O–H groups in total. The zero-order valence-corrected chi connectivity index (χ0v) is 16.8. The van der Waals surface area contributed by atoms with Gasteiger partial charge in [-0.2, -0.15) is 0 Å². The summed E-state index contributed by atoms with van der Waals surface area (Å²) in [7, 11) is 13.1. The first-order valence-corrected chi connectivity index (χ1v) is 15.3. The predicted molar refractivity (Wildman–Crippen MR) is 103 cm³/mol. The number of rotatable bonds is 2. The van der Waals surface area contributed by atoms with Crippen LogP contribution in [0.2, 0.25) is 0 Å². The second-order valence-electron chi connectivity index (χ2n) is 5.76. The van der Waals surface area contributed by atoms with Crippen molar-refractivity contribution in [3.05, 3.63) is 96.1 Å². The van der Waals surface area contributed by atoms with Gasteiger partial charge in [-0.15, -0.1) is 0 Å². The molecule has 0 saturated heterocycles. The summed E-state index contributed by atoms with van der Waals surface area (Å²) in [6, 6.07) is 29.7. The van der Waals surface area contributed by atoms with Crippen molar-refractivity contribution in [3.8, 4) is 0 Å². The summed E-state index contributed by atoms with van der Waals surface area (Å²) in [5.74, 6) is 0. The average molecular weight is 428 g/mol. The summed E-state index contributed by atoms with van der Waals surface area (Å²) in [5.41, 5.74) is 2.28. The fourth-order valence-corrected chi connectivity index (χ4v) is 7.49. The molecule has 0 aliphatic carbocycles. The first-order valence-electron chi connectivity index (χ1n) is 7.76. The van der Waals surface area contributed by atoms with E-state index in [1.54, 1.807) is 0 Å². The van der Waals surface area contributed by atoms with Crippen LogP contribution in [0.4, 0.5) is 0 Å². The van der Waals surface area contributed by atoms with Gasteiger partial charge in [0.25, 0.3) is 0 Å². The Morgan fingerprint density at radius 3 is 1.38 bits per heavy atom. The Morgan fingerprint density at radius 2 is 0.958 bits per heavy atom. The van der Waals surface area contributed by atoms with Gasteiger partial charge >= 0.3 is 157 Å². The van der Waals surface area contributed by atoms with E-state index in [1.165, 1.54) is 21.5 Å². The van der Waals surface area contributed by atoms with E-state index < -0.39 is 18.9 Å². The maximum atomic E-state index is 6.54. The van der Waals surface area contributed by atoms with Gasteiger partial charge < -0.3 is 0 Å². The molecule has 0 spiro atoms. The molecule has 4 aromatic carbocycles. The molecule has 0 aliphatic heterocycles. The molecule has 0 bridgehead atoms. The summed E-state index contributed by atoms with van der Waals surface area (Å²) in [6.07, 6.45) is 0. The van der Waals surface area contributed by atoms with Crippen LogP contribution in [0.25, 0.3) is 21.5 Å². The van der Waals surface area contributed by atoms with Gasteiger partial charge in [-0.25, -0.2) is 0 Å². The third-order valence-electron chi connectivity index (χ3n) is 4.27. The number of fused-ring (bicyclic) bond motifs is 2. The van der Waals surface area contributed by atoms with Crippen molar-refractivity contribution in [2.45, 2.75) is 0 Å². The van der Waals surface area contributed by atoms with Gasteiger partial charge in [-0.05, 0) is 0 Å². The van der Waals surface area contributed by atoms with Crippen LogP contribution < -0.4 is 0 Å². The van der Waals surface area contributed by atoms with Crippen molar-refractivity contribution in [1.82, 2.24) is 0 Å². The average Bonchev–Trinajstić information content (AvgIpc) is 2.61. The number of halogens is 2. The van der Waals surface area contributed by atoms with Crippen LogP contribution in [0.3, 0.4) is 0 Å². The molecule has 4 aromatic rings. The van der Waals surface area contributed by atoms with Crippen LogP contribution in [-0.2, 0) is 18.9 Å². The molecule has 0 radical (unpaired) electrons. The standard InChI is InChI=1S/C21H14.2ClH.Zr/c1-3-7-20-14-16(9-11-18(20)5-1)13-17-10-12-19-6-2-4-8-21(19)15-17;;;/h1-12,14-15H;2*1H;/q;;;+2/p-2. The van der Waals surface area contributed by atoms with Crippen LogP contribution in [-0.4, -0.2) is 3.21 Å². The molecule has 0 aliphatic rings. The van der Waals surface area contributed by atoms with E-state index in [2.05, 4.69) is 84.9 Å². The zero-order valence-electron chi connectivity index (χ0n) is 12.8. The number of hydrogen-bond donors (Lipinski definition) is 0. The summed E-state index contributed by atoms with van der Waals surface area (Å²) in [5, 5.41) is 4.89. The van der Waals surface area contributed by atoms with Crippen molar-refractivity contribution in [2.75, 3.05) is 0 Å². The molecule has 0 saturated carbocycles. The monoisotopic (exact) mass is 426 g/mol. The normalized spacial score (nSPS) is 10.9. The van der Waals surface area contributed by atoms with Gasteiger partial charge in [-0.3, -0.25) is 0 Å².